The van der Waals surface area contributed by atoms with E-state index in [1.807, 2.05) is 16.8 Å². The highest BCUT2D eigenvalue weighted by atomic mass is 32.1. The van der Waals surface area contributed by atoms with Gasteiger partial charge in [-0.15, -0.1) is 0 Å². The minimum Gasteiger partial charge on any atom is -0.321 e. The van der Waals surface area contributed by atoms with Crippen LogP contribution >= 0.6 is 11.3 Å². The lowest BCUT2D eigenvalue weighted by molar-refractivity contribution is -0.137. The fraction of sp³-hybridized carbons (Fsp3) is 0.143. The molecule has 3 rings (SSSR count). The van der Waals surface area contributed by atoms with Crippen LogP contribution in [0.1, 0.15) is 39.6 Å². The van der Waals surface area contributed by atoms with Crippen molar-refractivity contribution in [2.75, 3.05) is 5.32 Å². The number of amides is 1. The van der Waals surface area contributed by atoms with Crippen molar-refractivity contribution in [1.29, 1.82) is 0 Å². The minimum absolute atomic E-state index is 0.0739. The van der Waals surface area contributed by atoms with Crippen LogP contribution in [0.2, 0.25) is 0 Å². The van der Waals surface area contributed by atoms with Crippen molar-refractivity contribution in [3.63, 3.8) is 0 Å². The van der Waals surface area contributed by atoms with Crippen molar-refractivity contribution in [1.82, 2.24) is 0 Å². The topological polar surface area (TPSA) is 46.2 Å². The van der Waals surface area contributed by atoms with E-state index >= 15 is 0 Å². The summed E-state index contributed by atoms with van der Waals surface area (Å²) in [5, 5.41) is 6.52. The van der Waals surface area contributed by atoms with Crippen molar-refractivity contribution >= 4 is 28.7 Å². The fourth-order valence-electron chi connectivity index (χ4n) is 2.69. The first kappa shape index (κ1) is 19.8. The first-order valence-corrected chi connectivity index (χ1v) is 9.42. The molecule has 0 aliphatic carbocycles. The van der Waals surface area contributed by atoms with E-state index in [9.17, 15) is 22.8 Å². The summed E-state index contributed by atoms with van der Waals surface area (Å²) in [6, 6.07) is 11.0. The van der Waals surface area contributed by atoms with Crippen LogP contribution in [0.15, 0.2) is 59.3 Å². The second-order valence-electron chi connectivity index (χ2n) is 6.08. The van der Waals surface area contributed by atoms with Crippen molar-refractivity contribution in [2.24, 2.45) is 0 Å². The average Bonchev–Trinajstić information content (AvgIpc) is 3.22. The minimum atomic E-state index is -4.47. The van der Waals surface area contributed by atoms with Crippen molar-refractivity contribution in [3.05, 3.63) is 76.0 Å². The number of alkyl halides is 3. The molecule has 1 heterocycles. The zero-order valence-electron chi connectivity index (χ0n) is 14.8. The third-order valence-electron chi connectivity index (χ3n) is 4.22. The van der Waals surface area contributed by atoms with Gasteiger partial charge in [-0.2, -0.15) is 24.5 Å². The molecule has 3 aromatic rings. The summed E-state index contributed by atoms with van der Waals surface area (Å²) in [7, 11) is 0. The summed E-state index contributed by atoms with van der Waals surface area (Å²) in [6.45, 7) is 1.72. The summed E-state index contributed by atoms with van der Waals surface area (Å²) in [5.74, 6) is -0.720. The Labute approximate surface area is 163 Å². The third-order valence-corrected chi connectivity index (χ3v) is 4.90. The van der Waals surface area contributed by atoms with Crippen LogP contribution in [0.4, 0.5) is 18.9 Å². The monoisotopic (exact) mass is 403 g/mol. The highest BCUT2D eigenvalue weighted by Crippen LogP contribution is 2.30. The molecule has 0 aliphatic heterocycles. The average molecular weight is 403 g/mol. The van der Waals surface area contributed by atoms with Crippen LogP contribution < -0.4 is 5.32 Å². The highest BCUT2D eigenvalue weighted by Gasteiger charge is 2.30. The number of Topliss-reactive ketones (excluding diaryl/α,β-unsaturated/α-hetero) is 1. The molecule has 0 saturated carbocycles. The number of rotatable bonds is 5. The van der Waals surface area contributed by atoms with Crippen LogP contribution in [-0.4, -0.2) is 11.7 Å². The van der Waals surface area contributed by atoms with Crippen molar-refractivity contribution in [2.45, 2.75) is 19.5 Å². The molecule has 0 unspecified atom stereocenters. The molecular weight excluding hydrogens is 387 g/mol. The molecule has 0 aliphatic rings. The number of halogens is 3. The Kier molecular flexibility index (Phi) is 5.65. The van der Waals surface area contributed by atoms with Gasteiger partial charge in [0.2, 0.25) is 0 Å². The molecule has 3 nitrogen and oxygen atoms in total. The predicted octanol–water partition coefficient (Wildman–Crippen LogP) is 6.28. The first-order chi connectivity index (χ1) is 13.3. The standard InChI is InChI=1S/C21H16F3NO2S/c1-2-19(26)17-11-14(15-9-10-28-12-15)5-8-18(17)25-20(27)13-3-6-16(7-4-13)21(22,23)24/h3-12H,2H2,1H3,(H,25,27). The Morgan fingerprint density at radius 3 is 2.29 bits per heavy atom. The Bertz CT molecular complexity index is 993. The van der Waals surface area contributed by atoms with E-state index in [1.54, 1.807) is 25.1 Å². The summed E-state index contributed by atoms with van der Waals surface area (Å²) >= 11 is 1.53. The second-order valence-corrected chi connectivity index (χ2v) is 6.86. The van der Waals surface area contributed by atoms with E-state index in [4.69, 9.17) is 0 Å². The molecule has 1 N–H and O–H groups in total. The lowest BCUT2D eigenvalue weighted by Gasteiger charge is -2.12. The second kappa shape index (κ2) is 7.98. The van der Waals surface area contributed by atoms with Gasteiger partial charge in [0, 0.05) is 17.5 Å². The van der Waals surface area contributed by atoms with E-state index in [0.717, 1.165) is 35.4 Å². The van der Waals surface area contributed by atoms with Crippen LogP contribution in [0.5, 0.6) is 0 Å². The van der Waals surface area contributed by atoms with Gasteiger partial charge in [-0.05, 0) is 64.4 Å². The third kappa shape index (κ3) is 4.31. The zero-order chi connectivity index (χ0) is 20.3. The number of anilines is 1. The molecular formula is C21H16F3NO2S. The Balaban J connectivity index is 1.88. The summed E-state index contributed by atoms with van der Waals surface area (Å²) in [4.78, 5) is 24.8. The van der Waals surface area contributed by atoms with E-state index < -0.39 is 17.6 Å². The Morgan fingerprint density at radius 2 is 1.71 bits per heavy atom. The maximum atomic E-state index is 12.7. The largest absolute Gasteiger partial charge is 0.416 e. The maximum Gasteiger partial charge on any atom is 0.416 e. The fourth-order valence-corrected chi connectivity index (χ4v) is 3.35. The molecule has 0 bridgehead atoms. The summed E-state index contributed by atoms with van der Waals surface area (Å²) in [6.07, 6.45) is -4.20. The lowest BCUT2D eigenvalue weighted by atomic mass is 10.00. The van der Waals surface area contributed by atoms with Crippen LogP contribution in [0, 0.1) is 0 Å². The van der Waals surface area contributed by atoms with Gasteiger partial charge in [0.15, 0.2) is 5.78 Å². The van der Waals surface area contributed by atoms with Gasteiger partial charge in [0.25, 0.3) is 5.91 Å². The van der Waals surface area contributed by atoms with Gasteiger partial charge in [0.05, 0.1) is 11.3 Å². The molecule has 0 spiro atoms. The van der Waals surface area contributed by atoms with Crippen LogP contribution in [-0.2, 0) is 6.18 Å². The molecule has 0 saturated heterocycles. The molecule has 1 aromatic heterocycles. The predicted molar refractivity (Wildman–Crippen MR) is 104 cm³/mol. The number of thiophene rings is 1. The molecule has 0 fully saturated rings. The van der Waals surface area contributed by atoms with Gasteiger partial charge in [-0.3, -0.25) is 9.59 Å². The van der Waals surface area contributed by atoms with E-state index in [2.05, 4.69) is 5.32 Å². The number of carbonyl (C=O) groups excluding carboxylic acids is 2. The molecule has 0 atom stereocenters. The van der Waals surface area contributed by atoms with Crippen molar-refractivity contribution in [3.8, 4) is 11.1 Å². The number of carbonyl (C=O) groups is 2. The number of benzene rings is 2. The number of hydrogen-bond donors (Lipinski definition) is 1. The maximum absolute atomic E-state index is 12.7. The number of nitrogens with one attached hydrogen (secondary N) is 1. The van der Waals surface area contributed by atoms with E-state index in [-0.39, 0.29) is 17.8 Å². The lowest BCUT2D eigenvalue weighted by Crippen LogP contribution is -2.15. The number of hydrogen-bond acceptors (Lipinski definition) is 3. The quantitative estimate of drug-likeness (QED) is 0.510. The molecule has 2 aromatic carbocycles. The van der Waals surface area contributed by atoms with Gasteiger partial charge in [-0.25, -0.2) is 0 Å². The molecule has 7 heteroatoms. The van der Waals surface area contributed by atoms with Gasteiger partial charge < -0.3 is 5.32 Å². The SMILES string of the molecule is CCC(=O)c1cc(-c2ccsc2)ccc1NC(=O)c1ccc(C(F)(F)F)cc1. The zero-order valence-corrected chi connectivity index (χ0v) is 15.7. The van der Waals surface area contributed by atoms with Gasteiger partial charge in [-0.1, -0.05) is 13.0 Å². The Morgan fingerprint density at radius 1 is 1.00 bits per heavy atom. The highest BCUT2D eigenvalue weighted by molar-refractivity contribution is 7.08. The van der Waals surface area contributed by atoms with E-state index in [1.165, 1.54) is 11.3 Å². The van der Waals surface area contributed by atoms with Crippen LogP contribution in [0.3, 0.4) is 0 Å². The van der Waals surface area contributed by atoms with E-state index in [0.29, 0.717) is 11.3 Å². The van der Waals surface area contributed by atoms with Crippen molar-refractivity contribution < 1.29 is 22.8 Å². The van der Waals surface area contributed by atoms with Gasteiger partial charge in [0.1, 0.15) is 0 Å². The summed E-state index contributed by atoms with van der Waals surface area (Å²) in [5.41, 5.74) is 1.76. The van der Waals surface area contributed by atoms with Gasteiger partial charge >= 0.3 is 6.18 Å². The first-order valence-electron chi connectivity index (χ1n) is 8.48. The molecule has 0 radical (unpaired) electrons. The van der Waals surface area contributed by atoms with Crippen LogP contribution in [0.25, 0.3) is 11.1 Å². The Hall–Kier alpha value is -2.93. The smallest absolute Gasteiger partial charge is 0.321 e. The summed E-state index contributed by atoms with van der Waals surface area (Å²) < 4.78 is 38.0. The normalized spacial score (nSPS) is 11.3. The molecule has 1 amide bonds. The molecule has 144 valence electrons. The molecule has 28 heavy (non-hydrogen) atoms. The number of ketones is 1.